The van der Waals surface area contributed by atoms with E-state index < -0.39 is 7.82 Å². The number of nitrogens with one attached hydrogen (secondary N) is 1. The lowest BCUT2D eigenvalue weighted by atomic mass is 10.0. The summed E-state index contributed by atoms with van der Waals surface area (Å²) in [6, 6.07) is 0. The Kier molecular flexibility index (Phi) is 19.2. The Morgan fingerprint density at radius 2 is 1.16 bits per heavy atom. The molecule has 0 spiro atoms. The highest BCUT2D eigenvalue weighted by atomic mass is 31.2. The van der Waals surface area contributed by atoms with Crippen molar-refractivity contribution in [3.8, 4) is 0 Å². The minimum atomic E-state index is -4.15. The first-order valence-electron chi connectivity index (χ1n) is 14.0. The van der Waals surface area contributed by atoms with Gasteiger partial charge in [-0.05, 0) is 12.8 Å². The van der Waals surface area contributed by atoms with E-state index >= 15 is 0 Å². The molecule has 0 aromatic heterocycles. The molecule has 1 rings (SSSR count). The van der Waals surface area contributed by atoms with E-state index in [1.807, 2.05) is 0 Å². The number of likely N-dealkylation sites (tertiary alicyclic amines) is 1. The quantitative estimate of drug-likeness (QED) is 0.149. The summed E-state index contributed by atoms with van der Waals surface area (Å²) in [5.74, 6) is 0. The van der Waals surface area contributed by atoms with E-state index in [-0.39, 0.29) is 12.7 Å². The molecule has 1 fully saturated rings. The van der Waals surface area contributed by atoms with Gasteiger partial charge in [0.25, 0.3) is 7.82 Å². The summed E-state index contributed by atoms with van der Waals surface area (Å²) >= 11 is 0. The van der Waals surface area contributed by atoms with Crippen LogP contribution in [-0.4, -0.2) is 32.3 Å². The van der Waals surface area contributed by atoms with Gasteiger partial charge in [-0.3, -0.25) is 4.57 Å². The van der Waals surface area contributed by atoms with Gasteiger partial charge in [0.05, 0.1) is 32.3 Å². The van der Waals surface area contributed by atoms with Crippen LogP contribution in [0.5, 0.6) is 0 Å². The molecule has 1 saturated heterocycles. The van der Waals surface area contributed by atoms with Crippen LogP contribution in [0.1, 0.15) is 136 Å². The lowest BCUT2D eigenvalue weighted by Gasteiger charge is -2.33. The van der Waals surface area contributed by atoms with Gasteiger partial charge in [-0.2, -0.15) is 0 Å². The molecule has 1 heterocycles. The van der Waals surface area contributed by atoms with E-state index in [0.717, 1.165) is 45.3 Å². The predicted molar refractivity (Wildman–Crippen MR) is 133 cm³/mol. The van der Waals surface area contributed by atoms with Gasteiger partial charge < -0.3 is 18.8 Å². The molecule has 1 atom stereocenters. The van der Waals surface area contributed by atoms with E-state index in [0.29, 0.717) is 0 Å². The number of hydrogen-bond acceptors (Lipinski definition) is 4. The molecule has 6 heteroatoms. The zero-order valence-electron chi connectivity index (χ0n) is 21.4. The van der Waals surface area contributed by atoms with Crippen molar-refractivity contribution in [2.24, 2.45) is 0 Å². The summed E-state index contributed by atoms with van der Waals surface area (Å²) in [4.78, 5) is 13.6. The number of piperidine rings is 1. The van der Waals surface area contributed by atoms with Crippen LogP contribution in [0.15, 0.2) is 0 Å². The van der Waals surface area contributed by atoms with Crippen molar-refractivity contribution in [2.75, 3.05) is 26.2 Å². The van der Waals surface area contributed by atoms with Crippen molar-refractivity contribution in [1.29, 1.82) is 0 Å². The topological polar surface area (TPSA) is 63.0 Å². The van der Waals surface area contributed by atoms with Crippen molar-refractivity contribution in [1.82, 2.24) is 0 Å². The normalized spacial score (nSPS) is 21.0. The zero-order valence-corrected chi connectivity index (χ0v) is 22.3. The smallest absolute Gasteiger partial charge is 0.268 e. The summed E-state index contributed by atoms with van der Waals surface area (Å²) in [5.41, 5.74) is 0. The lowest BCUT2D eigenvalue weighted by molar-refractivity contribution is -0.906. The fourth-order valence-electron chi connectivity index (χ4n) is 4.75. The maximum Gasteiger partial charge on any atom is 0.268 e. The van der Waals surface area contributed by atoms with Gasteiger partial charge in [-0.15, -0.1) is 0 Å². The van der Waals surface area contributed by atoms with Crippen molar-refractivity contribution in [2.45, 2.75) is 142 Å². The Morgan fingerprint density at radius 3 is 1.59 bits per heavy atom. The number of phosphoric ester groups is 1. The molecule has 192 valence electrons. The summed E-state index contributed by atoms with van der Waals surface area (Å²) in [7, 11) is -4.15. The molecule has 0 bridgehead atoms. The molecule has 0 radical (unpaired) electrons. The fourth-order valence-corrected chi connectivity index (χ4v) is 5.74. The first-order chi connectivity index (χ1) is 15.6. The van der Waals surface area contributed by atoms with E-state index in [9.17, 15) is 9.46 Å². The average Bonchev–Trinajstić information content (AvgIpc) is 2.77. The molecule has 0 aliphatic carbocycles. The number of phosphoric acid groups is 1. The van der Waals surface area contributed by atoms with E-state index in [1.165, 1.54) is 96.3 Å². The molecular formula is C26H54NO4P. The predicted octanol–water partition coefficient (Wildman–Crippen LogP) is 6.21. The van der Waals surface area contributed by atoms with Gasteiger partial charge >= 0.3 is 0 Å². The highest BCUT2D eigenvalue weighted by Crippen LogP contribution is 2.41. The second kappa shape index (κ2) is 20.4. The standard InChI is InChI=1S/C26H54NO4P/c1-3-5-6-7-8-9-10-11-12-13-14-15-16-17-18-19-25-30-32(28,29)31-26-20-23-27(22-4-2)24-21-26/h26H,3-25H2,1-2H3,(H,28,29). The fraction of sp³-hybridized carbons (Fsp3) is 1.00. The van der Waals surface area contributed by atoms with Gasteiger partial charge in [0, 0.05) is 12.8 Å². The van der Waals surface area contributed by atoms with E-state index in [1.54, 1.807) is 4.90 Å². The van der Waals surface area contributed by atoms with Crippen molar-refractivity contribution < 1.29 is 23.4 Å². The van der Waals surface area contributed by atoms with Crippen molar-refractivity contribution >= 4 is 7.82 Å². The highest BCUT2D eigenvalue weighted by molar-refractivity contribution is 7.45. The second-order valence-electron chi connectivity index (χ2n) is 9.89. The van der Waals surface area contributed by atoms with Crippen LogP contribution in [0.25, 0.3) is 0 Å². The third-order valence-electron chi connectivity index (χ3n) is 6.77. The Hall–Kier alpha value is 0.0700. The van der Waals surface area contributed by atoms with Gasteiger partial charge in [0.1, 0.15) is 0 Å². The largest absolute Gasteiger partial charge is 0.756 e. The molecule has 32 heavy (non-hydrogen) atoms. The van der Waals surface area contributed by atoms with Crippen molar-refractivity contribution in [3.63, 3.8) is 0 Å². The summed E-state index contributed by atoms with van der Waals surface area (Å²) < 4.78 is 22.4. The number of rotatable bonds is 22. The van der Waals surface area contributed by atoms with Gasteiger partial charge in [0.15, 0.2) is 0 Å². The summed E-state index contributed by atoms with van der Waals surface area (Å²) in [5, 5.41) is 0. The van der Waals surface area contributed by atoms with Gasteiger partial charge in [-0.1, -0.05) is 110 Å². The van der Waals surface area contributed by atoms with Crippen LogP contribution in [0, 0.1) is 0 Å². The third-order valence-corrected chi connectivity index (χ3v) is 7.82. The maximum absolute atomic E-state index is 12.0. The zero-order chi connectivity index (χ0) is 23.3. The minimum Gasteiger partial charge on any atom is -0.756 e. The molecule has 0 aromatic rings. The highest BCUT2D eigenvalue weighted by Gasteiger charge is 2.25. The second-order valence-corrected chi connectivity index (χ2v) is 11.3. The monoisotopic (exact) mass is 475 g/mol. The molecular weight excluding hydrogens is 421 g/mol. The Balaban J connectivity index is 1.84. The van der Waals surface area contributed by atoms with Crippen LogP contribution in [-0.2, 0) is 13.6 Å². The molecule has 1 unspecified atom stereocenters. The number of unbranched alkanes of at least 4 members (excludes halogenated alkanes) is 15. The molecule has 5 nitrogen and oxygen atoms in total. The van der Waals surface area contributed by atoms with Gasteiger partial charge in [-0.25, -0.2) is 0 Å². The summed E-state index contributed by atoms with van der Waals surface area (Å²) in [6.45, 7) is 7.89. The number of quaternary nitrogens is 1. The lowest BCUT2D eigenvalue weighted by Crippen LogP contribution is -3.13. The van der Waals surface area contributed by atoms with Crippen LogP contribution in [0.3, 0.4) is 0 Å². The van der Waals surface area contributed by atoms with Crippen LogP contribution in [0.4, 0.5) is 0 Å². The number of hydrogen-bond donors (Lipinski definition) is 1. The first-order valence-corrected chi connectivity index (χ1v) is 15.5. The van der Waals surface area contributed by atoms with Gasteiger partial charge in [0.2, 0.25) is 0 Å². The maximum atomic E-state index is 12.0. The van der Waals surface area contributed by atoms with E-state index in [2.05, 4.69) is 13.8 Å². The Morgan fingerprint density at radius 1 is 0.719 bits per heavy atom. The molecule has 0 aromatic carbocycles. The summed E-state index contributed by atoms with van der Waals surface area (Å²) in [6.07, 6.45) is 23.5. The molecule has 0 amide bonds. The van der Waals surface area contributed by atoms with Crippen LogP contribution >= 0.6 is 7.82 Å². The molecule has 0 saturated carbocycles. The van der Waals surface area contributed by atoms with Crippen LogP contribution in [0.2, 0.25) is 0 Å². The Labute approximate surface area is 199 Å². The van der Waals surface area contributed by atoms with Crippen LogP contribution < -0.4 is 9.79 Å². The first kappa shape index (κ1) is 30.1. The minimum absolute atomic E-state index is 0.190. The van der Waals surface area contributed by atoms with E-state index in [4.69, 9.17) is 9.05 Å². The SMILES string of the molecule is CCCCCCCCCCCCCCCCCCOP(=O)([O-])OC1CC[NH+](CCC)CC1. The molecule has 1 aliphatic rings. The average molecular weight is 476 g/mol. The van der Waals surface area contributed by atoms with Crippen molar-refractivity contribution in [3.05, 3.63) is 0 Å². The molecule has 1 N–H and O–H groups in total. The molecule has 1 aliphatic heterocycles. The third kappa shape index (κ3) is 17.5. The Bertz CT molecular complexity index is 455.